The Morgan fingerprint density at radius 3 is 2.54 bits per heavy atom. The minimum absolute atomic E-state index is 0.0869. The van der Waals surface area contributed by atoms with Crippen molar-refractivity contribution in [1.82, 2.24) is 25.5 Å². The van der Waals surface area contributed by atoms with E-state index < -0.39 is 17.8 Å². The number of rotatable bonds is 13. The smallest absolute Gasteiger partial charge is 0.254 e. The van der Waals surface area contributed by atoms with Crippen molar-refractivity contribution in [1.29, 1.82) is 0 Å². The van der Waals surface area contributed by atoms with Gasteiger partial charge in [-0.25, -0.2) is 9.37 Å². The number of benzene rings is 2. The maximum absolute atomic E-state index is 14.5. The minimum atomic E-state index is -1.52. The summed E-state index contributed by atoms with van der Waals surface area (Å²) >= 11 is 1.57. The van der Waals surface area contributed by atoms with Gasteiger partial charge in [0.1, 0.15) is 10.7 Å². The molecule has 1 fully saturated rings. The Labute approximate surface area is 286 Å². The van der Waals surface area contributed by atoms with Crippen molar-refractivity contribution in [3.05, 3.63) is 111 Å². The van der Waals surface area contributed by atoms with Crippen LogP contribution in [0, 0.1) is 6.92 Å². The summed E-state index contributed by atoms with van der Waals surface area (Å²) in [5, 5.41) is 20.6. The van der Waals surface area contributed by atoms with Crippen LogP contribution in [-0.4, -0.2) is 71.1 Å². The molecule has 2 amide bonds. The van der Waals surface area contributed by atoms with Crippen LogP contribution >= 0.6 is 11.3 Å². The third-order valence-corrected chi connectivity index (χ3v) is 9.69. The molecule has 0 unspecified atom stereocenters. The first-order chi connectivity index (χ1) is 22.9. The maximum atomic E-state index is 14.5. The highest BCUT2D eigenvalue weighted by atomic mass is 32.1. The Balaban J connectivity index is 1.34. The fourth-order valence-electron chi connectivity index (χ4n) is 5.90. The molecular formula is C37H45FN6O3S. The molecule has 4 aromatic rings. The predicted octanol–water partition coefficient (Wildman–Crippen LogP) is 5.59. The van der Waals surface area contributed by atoms with Crippen molar-refractivity contribution < 1.29 is 19.1 Å². The van der Waals surface area contributed by atoms with Gasteiger partial charge in [-0.3, -0.25) is 14.6 Å². The SMILES string of the molecule is Cc1csc([C@H]2CCCN2C(=O)c2cc(C(=O)N[C@@H](Cc3ccccc3)[C@@H](O)CNCc3cncc(C(C)(C)F)c3)cc(N(C)C)c2)n1. The van der Waals surface area contributed by atoms with Crippen LogP contribution in [0.15, 0.2) is 72.4 Å². The monoisotopic (exact) mass is 672 g/mol. The average molecular weight is 673 g/mol. The number of hydrogen-bond donors (Lipinski definition) is 3. The number of thiazole rings is 1. The zero-order valence-corrected chi connectivity index (χ0v) is 29.1. The van der Waals surface area contributed by atoms with Crippen LogP contribution in [0.3, 0.4) is 0 Å². The number of pyridine rings is 1. The third-order valence-electron chi connectivity index (χ3n) is 8.62. The van der Waals surface area contributed by atoms with E-state index >= 15 is 0 Å². The molecule has 2 aromatic heterocycles. The molecular weight excluding hydrogens is 628 g/mol. The van der Waals surface area contributed by atoms with Crippen LogP contribution in [-0.2, 0) is 18.6 Å². The van der Waals surface area contributed by atoms with Gasteiger partial charge < -0.3 is 25.5 Å². The summed E-state index contributed by atoms with van der Waals surface area (Å²) in [4.78, 5) is 40.4. The highest BCUT2D eigenvalue weighted by Gasteiger charge is 2.33. The standard InChI is InChI=1S/C37H45FN6O3S/c1-24-23-48-35(41-24)32-12-9-13-44(32)36(47)28-16-27(17-30(18-28)43(4)5)34(46)42-31(15-25-10-7-6-8-11-25)33(45)22-40-20-26-14-29(21-39-19-26)37(2,3)38/h6-8,10-11,14,16-19,21,23,31-33,40,45H,9,12-13,15,20,22H2,1-5H3,(H,42,46)/t31-,32+,33-/m0/s1. The van der Waals surface area contributed by atoms with E-state index in [4.69, 9.17) is 0 Å². The summed E-state index contributed by atoms with van der Waals surface area (Å²) in [7, 11) is 3.74. The molecule has 0 spiro atoms. The zero-order chi connectivity index (χ0) is 34.4. The van der Waals surface area contributed by atoms with Gasteiger partial charge in [0, 0.05) is 79.6 Å². The van der Waals surface area contributed by atoms with Gasteiger partial charge in [0.05, 0.1) is 18.2 Å². The first kappa shape index (κ1) is 35.1. The van der Waals surface area contributed by atoms with Crippen molar-refractivity contribution >= 4 is 28.8 Å². The van der Waals surface area contributed by atoms with Crippen molar-refractivity contribution in [2.45, 2.75) is 70.4 Å². The van der Waals surface area contributed by atoms with E-state index in [9.17, 15) is 19.1 Å². The Morgan fingerprint density at radius 1 is 1.10 bits per heavy atom. The number of nitrogens with zero attached hydrogens (tertiary/aromatic N) is 4. The zero-order valence-electron chi connectivity index (χ0n) is 28.2. The predicted molar refractivity (Wildman–Crippen MR) is 188 cm³/mol. The quantitative estimate of drug-likeness (QED) is 0.170. The van der Waals surface area contributed by atoms with Crippen LogP contribution in [0.1, 0.15) is 80.8 Å². The Kier molecular flexibility index (Phi) is 11.2. The van der Waals surface area contributed by atoms with Gasteiger partial charge in [-0.1, -0.05) is 30.3 Å². The number of likely N-dealkylation sites (tertiary alicyclic amines) is 1. The highest BCUT2D eigenvalue weighted by Crippen LogP contribution is 2.35. The number of hydrogen-bond acceptors (Lipinski definition) is 8. The number of nitrogens with one attached hydrogen (secondary N) is 2. The summed E-state index contributed by atoms with van der Waals surface area (Å²) in [6.45, 7) is 6.10. The Morgan fingerprint density at radius 2 is 1.85 bits per heavy atom. The molecule has 11 heteroatoms. The number of aromatic nitrogens is 2. The van der Waals surface area contributed by atoms with Gasteiger partial charge in [0.25, 0.3) is 11.8 Å². The second kappa shape index (κ2) is 15.4. The molecule has 1 saturated heterocycles. The van der Waals surface area contributed by atoms with Crippen LogP contribution in [0.2, 0.25) is 0 Å². The van der Waals surface area contributed by atoms with E-state index in [1.807, 2.05) is 72.6 Å². The topological polar surface area (TPSA) is 111 Å². The highest BCUT2D eigenvalue weighted by molar-refractivity contribution is 7.09. The number of aliphatic hydroxyl groups is 1. The van der Waals surface area contributed by atoms with Crippen molar-refractivity contribution in [2.75, 3.05) is 32.1 Å². The summed E-state index contributed by atoms with van der Waals surface area (Å²) in [5.41, 5.74) is 3.14. The molecule has 0 saturated carbocycles. The number of amides is 2. The largest absolute Gasteiger partial charge is 0.390 e. The lowest BCUT2D eigenvalue weighted by atomic mass is 9.99. The molecule has 254 valence electrons. The fraction of sp³-hybridized carbons (Fsp3) is 0.405. The molecule has 3 heterocycles. The molecule has 0 bridgehead atoms. The van der Waals surface area contributed by atoms with E-state index in [1.165, 1.54) is 20.0 Å². The number of aryl methyl sites for hydroxylation is 1. The fourth-order valence-corrected chi connectivity index (χ4v) is 6.84. The van der Waals surface area contributed by atoms with E-state index in [2.05, 4.69) is 20.6 Å². The number of carbonyl (C=O) groups excluding carboxylic acids is 2. The number of halogens is 1. The molecule has 1 aliphatic rings. The lowest BCUT2D eigenvalue weighted by molar-refractivity contribution is 0.0735. The molecule has 9 nitrogen and oxygen atoms in total. The van der Waals surface area contributed by atoms with Gasteiger partial charge in [-0.2, -0.15) is 0 Å². The van der Waals surface area contributed by atoms with Crippen LogP contribution in [0.4, 0.5) is 10.1 Å². The maximum Gasteiger partial charge on any atom is 0.254 e. The molecule has 1 aliphatic heterocycles. The summed E-state index contributed by atoms with van der Waals surface area (Å²) in [6, 6.07) is 15.9. The summed E-state index contributed by atoms with van der Waals surface area (Å²) < 4.78 is 14.5. The van der Waals surface area contributed by atoms with E-state index in [0.29, 0.717) is 36.2 Å². The number of anilines is 1. The summed E-state index contributed by atoms with van der Waals surface area (Å²) in [5.74, 6) is -0.522. The normalized spacial score (nSPS) is 16.1. The Hall–Kier alpha value is -4.19. The van der Waals surface area contributed by atoms with Gasteiger partial charge in [0.2, 0.25) is 0 Å². The third kappa shape index (κ3) is 8.83. The van der Waals surface area contributed by atoms with E-state index in [-0.39, 0.29) is 24.4 Å². The van der Waals surface area contributed by atoms with Crippen LogP contribution in [0.25, 0.3) is 0 Å². The van der Waals surface area contributed by atoms with Crippen molar-refractivity contribution in [3.63, 3.8) is 0 Å². The molecule has 3 atom stereocenters. The second-order valence-electron chi connectivity index (χ2n) is 13.2. The van der Waals surface area contributed by atoms with Gasteiger partial charge in [-0.15, -0.1) is 11.3 Å². The van der Waals surface area contributed by atoms with E-state index in [1.54, 1.807) is 35.7 Å². The molecule has 0 aliphatic carbocycles. The molecule has 5 rings (SSSR count). The molecule has 3 N–H and O–H groups in total. The first-order valence-electron chi connectivity index (χ1n) is 16.3. The van der Waals surface area contributed by atoms with Gasteiger partial charge in [0.15, 0.2) is 0 Å². The molecule has 48 heavy (non-hydrogen) atoms. The molecule has 2 aromatic carbocycles. The van der Waals surface area contributed by atoms with Gasteiger partial charge >= 0.3 is 0 Å². The van der Waals surface area contributed by atoms with Crippen LogP contribution < -0.4 is 15.5 Å². The van der Waals surface area contributed by atoms with Crippen molar-refractivity contribution in [2.24, 2.45) is 0 Å². The summed E-state index contributed by atoms with van der Waals surface area (Å²) in [6.07, 6.45) is 4.36. The average Bonchev–Trinajstić information content (AvgIpc) is 3.73. The minimum Gasteiger partial charge on any atom is -0.390 e. The van der Waals surface area contributed by atoms with Crippen LogP contribution in [0.5, 0.6) is 0 Å². The molecule has 0 radical (unpaired) electrons. The number of aliphatic hydroxyl groups excluding tert-OH is 1. The van der Waals surface area contributed by atoms with E-state index in [0.717, 1.165) is 40.4 Å². The number of alkyl halides is 1. The lowest BCUT2D eigenvalue weighted by Crippen LogP contribution is -2.48. The Bertz CT molecular complexity index is 1710. The lowest BCUT2D eigenvalue weighted by Gasteiger charge is -2.26. The first-order valence-corrected chi connectivity index (χ1v) is 17.2. The van der Waals surface area contributed by atoms with Gasteiger partial charge in [-0.05, 0) is 75.4 Å². The second-order valence-corrected chi connectivity index (χ2v) is 14.1. The van der Waals surface area contributed by atoms with Crippen molar-refractivity contribution in [3.8, 4) is 0 Å². The number of carbonyl (C=O) groups is 2.